The van der Waals surface area contributed by atoms with Gasteiger partial charge in [-0.1, -0.05) is 42.5 Å². The van der Waals surface area contributed by atoms with Crippen molar-refractivity contribution in [2.24, 2.45) is 0 Å². The van der Waals surface area contributed by atoms with Crippen molar-refractivity contribution in [2.75, 3.05) is 0 Å². The quantitative estimate of drug-likeness (QED) is 0.605. The van der Waals surface area contributed by atoms with Gasteiger partial charge in [-0.2, -0.15) is 0 Å². The van der Waals surface area contributed by atoms with Gasteiger partial charge in [0.2, 0.25) is 0 Å². The Morgan fingerprint density at radius 3 is 2.75 bits per heavy atom. The Morgan fingerprint density at radius 2 is 1.88 bits per heavy atom. The van der Waals surface area contributed by atoms with Crippen LogP contribution in [0.25, 0.3) is 10.9 Å². The Bertz CT molecular complexity index is 593. The molecule has 0 saturated carbocycles. The zero-order valence-corrected chi connectivity index (χ0v) is 8.93. The molecule has 1 heteroatoms. The summed E-state index contributed by atoms with van der Waals surface area (Å²) in [4.78, 5) is 0. The molecule has 0 spiro atoms. The van der Waals surface area contributed by atoms with Crippen molar-refractivity contribution in [3.63, 3.8) is 0 Å². The summed E-state index contributed by atoms with van der Waals surface area (Å²) in [5.41, 5.74) is 2.57. The zero-order chi connectivity index (χ0) is 10.8. The van der Waals surface area contributed by atoms with Crippen LogP contribution in [-0.4, -0.2) is 4.57 Å². The van der Waals surface area contributed by atoms with Gasteiger partial charge >= 0.3 is 0 Å². The van der Waals surface area contributed by atoms with E-state index in [4.69, 9.17) is 0 Å². The summed E-state index contributed by atoms with van der Waals surface area (Å²) >= 11 is 0. The Balaban J connectivity index is 2.01. The lowest BCUT2D eigenvalue weighted by atomic mass is 10.2. The van der Waals surface area contributed by atoms with Gasteiger partial charge in [-0.15, -0.1) is 0 Å². The number of benzene rings is 2. The minimum Gasteiger partial charge on any atom is -0.343 e. The number of rotatable bonds is 2. The van der Waals surface area contributed by atoms with Gasteiger partial charge in [-0.05, 0) is 29.1 Å². The molecule has 0 bridgehead atoms. The van der Waals surface area contributed by atoms with Crippen LogP contribution in [0.3, 0.4) is 0 Å². The van der Waals surface area contributed by atoms with Crippen molar-refractivity contribution >= 4 is 10.9 Å². The van der Waals surface area contributed by atoms with Crippen molar-refractivity contribution in [1.29, 1.82) is 0 Å². The molecule has 2 aromatic carbocycles. The minimum absolute atomic E-state index is 0.919. The molecule has 0 aliphatic carbocycles. The molecular formula is C15H12N. The third-order valence-electron chi connectivity index (χ3n) is 2.81. The van der Waals surface area contributed by atoms with Crippen molar-refractivity contribution in [3.05, 3.63) is 72.4 Å². The van der Waals surface area contributed by atoms with Gasteiger partial charge < -0.3 is 4.57 Å². The van der Waals surface area contributed by atoms with Crippen molar-refractivity contribution in [2.45, 2.75) is 6.54 Å². The van der Waals surface area contributed by atoms with E-state index in [2.05, 4.69) is 53.2 Å². The van der Waals surface area contributed by atoms with E-state index in [1.165, 1.54) is 16.5 Å². The lowest BCUT2D eigenvalue weighted by molar-refractivity contribution is 0.837. The monoisotopic (exact) mass is 206 g/mol. The molecule has 0 aliphatic rings. The van der Waals surface area contributed by atoms with Crippen LogP contribution in [0.1, 0.15) is 5.56 Å². The first-order valence-corrected chi connectivity index (χ1v) is 5.42. The first kappa shape index (κ1) is 9.22. The average Bonchev–Trinajstić information content (AvgIpc) is 2.74. The van der Waals surface area contributed by atoms with E-state index in [-0.39, 0.29) is 0 Å². The van der Waals surface area contributed by atoms with Crippen LogP contribution in [0, 0.1) is 6.07 Å². The second kappa shape index (κ2) is 3.86. The largest absolute Gasteiger partial charge is 0.343 e. The normalized spacial score (nSPS) is 10.8. The smallest absolute Gasteiger partial charge is 0.0489 e. The third-order valence-corrected chi connectivity index (χ3v) is 2.81. The fourth-order valence-electron chi connectivity index (χ4n) is 1.99. The molecule has 0 fully saturated rings. The highest BCUT2D eigenvalue weighted by molar-refractivity contribution is 5.79. The topological polar surface area (TPSA) is 4.93 Å². The number of nitrogens with zero attached hydrogens (tertiary/aromatic N) is 1. The van der Waals surface area contributed by atoms with E-state index < -0.39 is 0 Å². The van der Waals surface area contributed by atoms with Crippen LogP contribution in [0.4, 0.5) is 0 Å². The van der Waals surface area contributed by atoms with Crippen LogP contribution in [-0.2, 0) is 6.54 Å². The highest BCUT2D eigenvalue weighted by Gasteiger charge is 1.99. The molecule has 1 heterocycles. The molecule has 0 saturated heterocycles. The summed E-state index contributed by atoms with van der Waals surface area (Å²) in [7, 11) is 0. The molecule has 0 atom stereocenters. The van der Waals surface area contributed by atoms with E-state index in [1.807, 2.05) is 18.2 Å². The van der Waals surface area contributed by atoms with Crippen LogP contribution >= 0.6 is 0 Å². The van der Waals surface area contributed by atoms with Gasteiger partial charge in [0.15, 0.2) is 0 Å². The van der Waals surface area contributed by atoms with Gasteiger partial charge in [-0.25, -0.2) is 0 Å². The molecule has 0 unspecified atom stereocenters. The minimum atomic E-state index is 0.919. The first-order chi connectivity index (χ1) is 7.93. The molecule has 1 radical (unpaired) electrons. The zero-order valence-electron chi connectivity index (χ0n) is 8.93. The van der Waals surface area contributed by atoms with Gasteiger partial charge in [0, 0.05) is 18.3 Å². The standard InChI is InChI=1S/C15H12N/c1-2-6-13(7-3-1)12-16-11-10-14-8-4-5-9-15(14)16/h1-4,6-11H,12H2. The molecular weight excluding hydrogens is 194 g/mol. The number of hydrogen-bond donors (Lipinski definition) is 0. The third kappa shape index (κ3) is 1.61. The Hall–Kier alpha value is -2.02. The molecule has 3 rings (SSSR count). The Morgan fingerprint density at radius 1 is 1.00 bits per heavy atom. The molecule has 16 heavy (non-hydrogen) atoms. The van der Waals surface area contributed by atoms with Crippen molar-refractivity contribution < 1.29 is 0 Å². The van der Waals surface area contributed by atoms with Crippen LogP contribution in [0.2, 0.25) is 0 Å². The second-order valence-corrected chi connectivity index (χ2v) is 3.91. The maximum absolute atomic E-state index is 3.13. The lowest BCUT2D eigenvalue weighted by Crippen LogP contribution is -1.96. The molecule has 1 nitrogen and oxygen atoms in total. The summed E-state index contributed by atoms with van der Waals surface area (Å²) in [6.45, 7) is 0.919. The summed E-state index contributed by atoms with van der Waals surface area (Å²) in [5.74, 6) is 0. The lowest BCUT2D eigenvalue weighted by Gasteiger charge is -2.05. The van der Waals surface area contributed by atoms with E-state index >= 15 is 0 Å². The van der Waals surface area contributed by atoms with E-state index in [0.717, 1.165) is 6.54 Å². The fraction of sp³-hybridized carbons (Fsp3) is 0.0667. The van der Waals surface area contributed by atoms with Crippen molar-refractivity contribution in [3.8, 4) is 0 Å². The summed E-state index contributed by atoms with van der Waals surface area (Å²) in [5, 5.41) is 1.27. The predicted octanol–water partition coefficient (Wildman–Crippen LogP) is 3.49. The summed E-state index contributed by atoms with van der Waals surface area (Å²) in [6.07, 6.45) is 2.13. The van der Waals surface area contributed by atoms with Crippen molar-refractivity contribution in [1.82, 2.24) is 4.57 Å². The number of aromatic nitrogens is 1. The Labute approximate surface area is 95.0 Å². The summed E-state index contributed by atoms with van der Waals surface area (Å²) in [6, 6.07) is 21.9. The summed E-state index contributed by atoms with van der Waals surface area (Å²) < 4.78 is 2.25. The highest BCUT2D eigenvalue weighted by Crippen LogP contribution is 2.16. The van der Waals surface area contributed by atoms with E-state index in [0.29, 0.717) is 0 Å². The molecule has 1 aromatic heterocycles. The molecule has 0 aliphatic heterocycles. The predicted molar refractivity (Wildman–Crippen MR) is 66.3 cm³/mol. The average molecular weight is 206 g/mol. The Kier molecular flexibility index (Phi) is 2.22. The van der Waals surface area contributed by atoms with Crippen LogP contribution < -0.4 is 0 Å². The van der Waals surface area contributed by atoms with Gasteiger partial charge in [0.05, 0.1) is 0 Å². The molecule has 3 aromatic rings. The molecule has 0 N–H and O–H groups in total. The van der Waals surface area contributed by atoms with Gasteiger partial charge in [0.25, 0.3) is 0 Å². The number of hydrogen-bond acceptors (Lipinski definition) is 0. The maximum Gasteiger partial charge on any atom is 0.0489 e. The maximum atomic E-state index is 3.13. The van der Waals surface area contributed by atoms with E-state index in [1.54, 1.807) is 0 Å². The van der Waals surface area contributed by atoms with Crippen LogP contribution in [0.5, 0.6) is 0 Å². The molecule has 77 valence electrons. The first-order valence-electron chi connectivity index (χ1n) is 5.42. The fourth-order valence-corrected chi connectivity index (χ4v) is 1.99. The van der Waals surface area contributed by atoms with Crippen LogP contribution in [0.15, 0.2) is 60.8 Å². The number of fused-ring (bicyclic) bond motifs is 1. The van der Waals surface area contributed by atoms with Gasteiger partial charge in [-0.3, -0.25) is 0 Å². The highest BCUT2D eigenvalue weighted by atomic mass is 14.9. The second-order valence-electron chi connectivity index (χ2n) is 3.91. The van der Waals surface area contributed by atoms with Gasteiger partial charge in [0.1, 0.15) is 0 Å². The SMILES string of the molecule is [c]1ccc2ccn(Cc3ccccc3)c2c1. The van der Waals surface area contributed by atoms with E-state index in [9.17, 15) is 0 Å². The molecule has 0 amide bonds.